The molecule has 16 heavy (non-hydrogen) atoms. The Balaban J connectivity index is 1.71. The van der Waals surface area contributed by atoms with Gasteiger partial charge in [-0.3, -0.25) is 0 Å². The van der Waals surface area contributed by atoms with E-state index in [0.717, 1.165) is 6.04 Å². The second-order valence-electron chi connectivity index (χ2n) is 6.06. The predicted molar refractivity (Wildman–Crippen MR) is 73.2 cm³/mol. The quantitative estimate of drug-likeness (QED) is 0.796. The highest BCUT2D eigenvalue weighted by Crippen LogP contribution is 2.23. The first kappa shape index (κ1) is 12.7. The molecule has 0 aromatic heterocycles. The van der Waals surface area contributed by atoms with Crippen LogP contribution in [0.1, 0.15) is 33.1 Å². The number of rotatable bonds is 5. The maximum atomic E-state index is 3.67. The van der Waals surface area contributed by atoms with Gasteiger partial charge in [-0.15, -0.1) is 0 Å². The molecule has 0 radical (unpaired) electrons. The fraction of sp³-hybridized carbons (Fsp3) is 1.00. The molecule has 1 aliphatic heterocycles. The first-order valence-corrected chi connectivity index (χ1v) is 7.85. The lowest BCUT2D eigenvalue weighted by molar-refractivity contribution is 0.184. The fourth-order valence-electron chi connectivity index (χ4n) is 2.33. The summed E-state index contributed by atoms with van der Waals surface area (Å²) in [6.07, 6.45) is 4.17. The van der Waals surface area contributed by atoms with Crippen LogP contribution in [0.3, 0.4) is 0 Å². The van der Waals surface area contributed by atoms with Crippen LogP contribution in [-0.2, 0) is 0 Å². The molecule has 2 nitrogen and oxygen atoms in total. The summed E-state index contributed by atoms with van der Waals surface area (Å²) in [6, 6.07) is 0.846. The van der Waals surface area contributed by atoms with E-state index < -0.39 is 0 Å². The van der Waals surface area contributed by atoms with Crippen molar-refractivity contribution >= 4 is 11.8 Å². The van der Waals surface area contributed by atoms with Gasteiger partial charge in [-0.05, 0) is 37.0 Å². The van der Waals surface area contributed by atoms with Crippen LogP contribution in [0, 0.1) is 5.41 Å². The largest absolute Gasteiger partial charge is 0.313 e. The fourth-order valence-corrected chi connectivity index (χ4v) is 3.25. The van der Waals surface area contributed by atoms with Crippen molar-refractivity contribution in [3.8, 4) is 0 Å². The standard InChI is InChI=1S/C13H26N2S/c1-13(2,10-14-12-4-5-12)11-15-6-3-8-16-9-7-15/h12,14H,3-11H2,1-2H3. The van der Waals surface area contributed by atoms with Crippen LogP contribution in [0.25, 0.3) is 0 Å². The Hall–Kier alpha value is 0.270. The third-order valence-electron chi connectivity index (χ3n) is 3.41. The molecule has 2 fully saturated rings. The molecule has 1 saturated carbocycles. The average Bonchev–Trinajstić information content (AvgIpc) is 3.02. The van der Waals surface area contributed by atoms with Gasteiger partial charge in [-0.25, -0.2) is 0 Å². The monoisotopic (exact) mass is 242 g/mol. The molecular weight excluding hydrogens is 216 g/mol. The molecule has 0 bridgehead atoms. The summed E-state index contributed by atoms with van der Waals surface area (Å²) in [4.78, 5) is 2.66. The highest BCUT2D eigenvalue weighted by molar-refractivity contribution is 7.99. The van der Waals surface area contributed by atoms with Gasteiger partial charge in [0.1, 0.15) is 0 Å². The molecule has 0 unspecified atom stereocenters. The molecule has 0 aromatic rings. The minimum atomic E-state index is 0.428. The molecule has 0 spiro atoms. The van der Waals surface area contributed by atoms with Crippen LogP contribution in [-0.4, -0.2) is 48.6 Å². The Bertz CT molecular complexity index is 206. The maximum Gasteiger partial charge on any atom is 0.00726 e. The molecule has 2 aliphatic rings. The Morgan fingerprint density at radius 3 is 2.81 bits per heavy atom. The summed E-state index contributed by atoms with van der Waals surface area (Å²) >= 11 is 2.12. The van der Waals surface area contributed by atoms with E-state index in [1.165, 1.54) is 56.9 Å². The molecule has 3 heteroatoms. The van der Waals surface area contributed by atoms with Gasteiger partial charge < -0.3 is 10.2 Å². The molecular formula is C13H26N2S. The molecule has 1 saturated heterocycles. The van der Waals surface area contributed by atoms with Crippen LogP contribution in [0.2, 0.25) is 0 Å². The summed E-state index contributed by atoms with van der Waals surface area (Å²) < 4.78 is 0. The van der Waals surface area contributed by atoms with Crippen LogP contribution in [0.15, 0.2) is 0 Å². The minimum Gasteiger partial charge on any atom is -0.313 e. The highest BCUT2D eigenvalue weighted by atomic mass is 32.2. The maximum absolute atomic E-state index is 3.67. The van der Waals surface area contributed by atoms with Gasteiger partial charge in [0, 0.05) is 31.4 Å². The van der Waals surface area contributed by atoms with Crippen molar-refractivity contribution < 1.29 is 0 Å². The number of hydrogen-bond donors (Lipinski definition) is 1. The van der Waals surface area contributed by atoms with Crippen molar-refractivity contribution in [2.75, 3.05) is 37.7 Å². The lowest BCUT2D eigenvalue weighted by Gasteiger charge is -2.32. The first-order chi connectivity index (χ1) is 7.66. The lowest BCUT2D eigenvalue weighted by Crippen LogP contribution is -2.41. The van der Waals surface area contributed by atoms with E-state index in [0.29, 0.717) is 5.41 Å². The number of hydrogen-bond acceptors (Lipinski definition) is 3. The van der Waals surface area contributed by atoms with Crippen molar-refractivity contribution in [3.63, 3.8) is 0 Å². The van der Waals surface area contributed by atoms with Gasteiger partial charge in [0.25, 0.3) is 0 Å². The second-order valence-corrected chi connectivity index (χ2v) is 7.29. The zero-order valence-electron chi connectivity index (χ0n) is 10.8. The lowest BCUT2D eigenvalue weighted by atomic mass is 9.92. The van der Waals surface area contributed by atoms with Crippen LogP contribution >= 0.6 is 11.8 Å². The Kier molecular flexibility index (Phi) is 4.57. The van der Waals surface area contributed by atoms with Crippen molar-refractivity contribution in [1.29, 1.82) is 0 Å². The van der Waals surface area contributed by atoms with Crippen molar-refractivity contribution in [2.45, 2.75) is 39.2 Å². The predicted octanol–water partition coefficient (Wildman–Crippen LogP) is 2.20. The van der Waals surface area contributed by atoms with Gasteiger partial charge in [-0.2, -0.15) is 11.8 Å². The normalized spacial score (nSPS) is 24.4. The molecule has 0 amide bonds. The van der Waals surface area contributed by atoms with Crippen LogP contribution in [0.4, 0.5) is 0 Å². The molecule has 0 aromatic carbocycles. The van der Waals surface area contributed by atoms with Gasteiger partial charge in [-0.1, -0.05) is 13.8 Å². The van der Waals surface area contributed by atoms with E-state index in [-0.39, 0.29) is 0 Å². The Labute approximate surface area is 105 Å². The Morgan fingerprint density at radius 2 is 2.06 bits per heavy atom. The van der Waals surface area contributed by atoms with Crippen molar-refractivity contribution in [3.05, 3.63) is 0 Å². The highest BCUT2D eigenvalue weighted by Gasteiger charge is 2.26. The van der Waals surface area contributed by atoms with E-state index in [9.17, 15) is 0 Å². The third-order valence-corrected chi connectivity index (χ3v) is 4.46. The summed E-state index contributed by atoms with van der Waals surface area (Å²) in [5.41, 5.74) is 0.428. The first-order valence-electron chi connectivity index (χ1n) is 6.69. The van der Waals surface area contributed by atoms with E-state index in [2.05, 4.69) is 35.8 Å². The molecule has 2 rings (SSSR count). The molecule has 1 N–H and O–H groups in total. The number of thioether (sulfide) groups is 1. The summed E-state index contributed by atoms with van der Waals surface area (Å²) in [7, 11) is 0. The summed E-state index contributed by atoms with van der Waals surface area (Å²) in [5.74, 6) is 2.68. The molecule has 1 heterocycles. The van der Waals surface area contributed by atoms with E-state index in [4.69, 9.17) is 0 Å². The van der Waals surface area contributed by atoms with Gasteiger partial charge in [0.15, 0.2) is 0 Å². The Morgan fingerprint density at radius 1 is 1.25 bits per heavy atom. The molecule has 94 valence electrons. The van der Waals surface area contributed by atoms with E-state index in [1.54, 1.807) is 0 Å². The third kappa shape index (κ3) is 4.64. The average molecular weight is 242 g/mol. The zero-order valence-corrected chi connectivity index (χ0v) is 11.6. The van der Waals surface area contributed by atoms with E-state index in [1.807, 2.05) is 0 Å². The van der Waals surface area contributed by atoms with Crippen LogP contribution < -0.4 is 5.32 Å². The second kappa shape index (κ2) is 5.74. The van der Waals surface area contributed by atoms with Gasteiger partial charge in [0.05, 0.1) is 0 Å². The van der Waals surface area contributed by atoms with Crippen LogP contribution in [0.5, 0.6) is 0 Å². The number of nitrogens with zero attached hydrogens (tertiary/aromatic N) is 1. The molecule has 0 atom stereocenters. The van der Waals surface area contributed by atoms with Crippen molar-refractivity contribution in [2.24, 2.45) is 5.41 Å². The van der Waals surface area contributed by atoms with Crippen molar-refractivity contribution in [1.82, 2.24) is 10.2 Å². The minimum absolute atomic E-state index is 0.428. The SMILES string of the molecule is CC(C)(CNC1CC1)CN1CCCSCC1. The summed E-state index contributed by atoms with van der Waals surface area (Å²) in [6.45, 7) is 9.84. The van der Waals surface area contributed by atoms with Gasteiger partial charge >= 0.3 is 0 Å². The van der Waals surface area contributed by atoms with E-state index >= 15 is 0 Å². The zero-order chi connectivity index (χ0) is 11.4. The summed E-state index contributed by atoms with van der Waals surface area (Å²) in [5, 5.41) is 3.67. The topological polar surface area (TPSA) is 15.3 Å². The smallest absolute Gasteiger partial charge is 0.00726 e. The van der Waals surface area contributed by atoms with Gasteiger partial charge in [0.2, 0.25) is 0 Å². The number of nitrogens with one attached hydrogen (secondary N) is 1. The molecule has 1 aliphatic carbocycles.